The monoisotopic (exact) mass is 416 g/mol. The highest BCUT2D eigenvalue weighted by Gasteiger charge is 2.32. The minimum absolute atomic E-state index is 0.269. The van der Waals surface area contributed by atoms with E-state index in [4.69, 9.17) is 10.5 Å². The second-order valence-electron chi connectivity index (χ2n) is 8.00. The topological polar surface area (TPSA) is 122 Å². The summed E-state index contributed by atoms with van der Waals surface area (Å²) in [6.07, 6.45) is 16.4. The van der Waals surface area contributed by atoms with Crippen LogP contribution < -0.4 is 11.1 Å². The zero-order valence-electron chi connectivity index (χ0n) is 18.4. The van der Waals surface area contributed by atoms with Crippen molar-refractivity contribution < 1.29 is 24.5 Å². The van der Waals surface area contributed by atoms with Crippen LogP contribution in [0.4, 0.5) is 0 Å². The van der Waals surface area contributed by atoms with Gasteiger partial charge < -0.3 is 26.0 Å². The van der Waals surface area contributed by atoms with Crippen LogP contribution in [0.5, 0.6) is 0 Å². The summed E-state index contributed by atoms with van der Waals surface area (Å²) in [6, 6.07) is 0. The highest BCUT2D eigenvalue weighted by molar-refractivity contribution is 5.78. The predicted molar refractivity (Wildman–Crippen MR) is 115 cm³/mol. The van der Waals surface area contributed by atoms with Gasteiger partial charge >= 0.3 is 5.97 Å². The second kappa shape index (κ2) is 18.8. The van der Waals surface area contributed by atoms with Crippen LogP contribution in [-0.2, 0) is 14.3 Å². The summed E-state index contributed by atoms with van der Waals surface area (Å²) in [4.78, 5) is 23.3. The summed E-state index contributed by atoms with van der Waals surface area (Å²) in [6.45, 7) is 0.619. The molecule has 0 saturated heterocycles. The van der Waals surface area contributed by atoms with Crippen LogP contribution in [0.15, 0.2) is 0 Å². The van der Waals surface area contributed by atoms with Gasteiger partial charge in [-0.1, -0.05) is 84.0 Å². The maximum atomic E-state index is 11.9. The Labute approximate surface area is 176 Å². The maximum absolute atomic E-state index is 11.9. The molecule has 7 heteroatoms. The quantitative estimate of drug-likeness (QED) is 0.179. The van der Waals surface area contributed by atoms with Gasteiger partial charge in [-0.15, -0.1) is 0 Å². The number of ether oxygens (including phenoxy) is 1. The van der Waals surface area contributed by atoms with Crippen molar-refractivity contribution in [2.45, 2.75) is 102 Å². The first kappa shape index (κ1) is 27.8. The van der Waals surface area contributed by atoms with E-state index in [1.54, 1.807) is 0 Å². The third-order valence-electron chi connectivity index (χ3n) is 5.19. The smallest absolute Gasteiger partial charge is 0.305 e. The van der Waals surface area contributed by atoms with Gasteiger partial charge in [-0.25, -0.2) is 0 Å². The normalized spacial score (nSPS) is 11.4. The number of rotatable bonds is 20. The molecule has 0 saturated carbocycles. The first-order chi connectivity index (χ1) is 14.0. The van der Waals surface area contributed by atoms with E-state index < -0.39 is 24.7 Å². The first-order valence-electron chi connectivity index (χ1n) is 11.4. The Morgan fingerprint density at radius 2 is 1.28 bits per heavy atom. The fraction of sp³-hybridized carbons (Fsp3) is 0.909. The van der Waals surface area contributed by atoms with Crippen molar-refractivity contribution >= 4 is 11.9 Å². The van der Waals surface area contributed by atoms with Crippen LogP contribution in [0, 0.1) is 0 Å². The summed E-state index contributed by atoms with van der Waals surface area (Å²) in [5, 5.41) is 21.3. The molecule has 0 fully saturated rings. The first-order valence-corrected chi connectivity index (χ1v) is 11.4. The van der Waals surface area contributed by atoms with Crippen molar-refractivity contribution in [3.05, 3.63) is 0 Å². The molecular weight excluding hydrogens is 372 g/mol. The summed E-state index contributed by atoms with van der Waals surface area (Å²) in [5.41, 5.74) is 3.84. The summed E-state index contributed by atoms with van der Waals surface area (Å²) >= 11 is 0. The van der Waals surface area contributed by atoms with Gasteiger partial charge in [0.1, 0.15) is 12.1 Å². The summed E-state index contributed by atoms with van der Waals surface area (Å²) in [5.74, 6) is -0.915. The number of carbonyl (C=O) groups excluding carboxylic acids is 2. The van der Waals surface area contributed by atoms with Crippen molar-refractivity contribution in [2.24, 2.45) is 5.73 Å². The van der Waals surface area contributed by atoms with Crippen molar-refractivity contribution in [2.75, 3.05) is 26.4 Å². The van der Waals surface area contributed by atoms with Crippen LogP contribution >= 0.6 is 0 Å². The van der Waals surface area contributed by atoms with Crippen LogP contribution in [0.1, 0.15) is 96.8 Å². The van der Waals surface area contributed by atoms with Crippen LogP contribution in [0.3, 0.4) is 0 Å². The third kappa shape index (κ3) is 15.3. The number of hydrogen-bond donors (Lipinski definition) is 4. The summed E-state index contributed by atoms with van der Waals surface area (Å²) in [7, 11) is 0. The molecule has 0 spiro atoms. The lowest BCUT2D eigenvalue weighted by Crippen LogP contribution is -2.59. The van der Waals surface area contributed by atoms with Gasteiger partial charge in [0.05, 0.1) is 19.8 Å². The molecule has 0 aromatic heterocycles. The van der Waals surface area contributed by atoms with Crippen LogP contribution in [0.25, 0.3) is 0 Å². The van der Waals surface area contributed by atoms with E-state index in [1.807, 2.05) is 0 Å². The van der Waals surface area contributed by atoms with Gasteiger partial charge in [-0.2, -0.15) is 0 Å². The molecule has 0 unspecified atom stereocenters. The van der Waals surface area contributed by atoms with E-state index in [9.17, 15) is 19.8 Å². The number of amides is 1. The molecule has 0 aliphatic rings. The van der Waals surface area contributed by atoms with E-state index in [1.165, 1.54) is 64.2 Å². The molecule has 5 N–H and O–H groups in total. The molecule has 7 nitrogen and oxygen atoms in total. The van der Waals surface area contributed by atoms with Gasteiger partial charge in [-0.3, -0.25) is 9.59 Å². The minimum atomic E-state index is -1.39. The molecule has 172 valence electrons. The second-order valence-corrected chi connectivity index (χ2v) is 8.00. The van der Waals surface area contributed by atoms with Gasteiger partial charge in [0.15, 0.2) is 0 Å². The number of carbonyl (C=O) groups is 2. The number of aliphatic hydroxyl groups is 2. The molecule has 1 amide bonds. The Morgan fingerprint density at radius 1 is 0.828 bits per heavy atom. The fourth-order valence-corrected chi connectivity index (χ4v) is 3.18. The van der Waals surface area contributed by atoms with Crippen molar-refractivity contribution in [3.8, 4) is 0 Å². The predicted octanol–water partition coefficient (Wildman–Crippen LogP) is 2.81. The molecule has 0 radical (unpaired) electrons. The average Bonchev–Trinajstić information content (AvgIpc) is 2.74. The van der Waals surface area contributed by atoms with E-state index >= 15 is 0 Å². The maximum Gasteiger partial charge on any atom is 0.305 e. The third-order valence-corrected chi connectivity index (χ3v) is 5.19. The lowest BCUT2D eigenvalue weighted by molar-refractivity contribution is -0.148. The Balaban J connectivity index is 3.65. The van der Waals surface area contributed by atoms with Crippen molar-refractivity contribution in [1.29, 1.82) is 0 Å². The molecule has 0 aliphatic heterocycles. The molecule has 0 aromatic rings. The van der Waals surface area contributed by atoms with E-state index in [0.717, 1.165) is 19.3 Å². The lowest BCUT2D eigenvalue weighted by atomic mass is 10.0. The highest BCUT2D eigenvalue weighted by atomic mass is 16.5. The number of hydrogen-bond acceptors (Lipinski definition) is 6. The van der Waals surface area contributed by atoms with Gasteiger partial charge in [0.25, 0.3) is 0 Å². The molecule has 0 bridgehead atoms. The van der Waals surface area contributed by atoms with Crippen LogP contribution in [0.2, 0.25) is 0 Å². The van der Waals surface area contributed by atoms with E-state index in [-0.39, 0.29) is 19.1 Å². The van der Waals surface area contributed by atoms with Crippen molar-refractivity contribution in [3.63, 3.8) is 0 Å². The SMILES string of the molecule is CCCCCCCCCCCCCCCC(=O)OCC(CO)(CO)NC(=O)CN. The number of nitrogens with two attached hydrogens (primary N) is 1. The lowest BCUT2D eigenvalue weighted by Gasteiger charge is -2.30. The van der Waals surface area contributed by atoms with E-state index in [0.29, 0.717) is 6.42 Å². The van der Waals surface area contributed by atoms with Gasteiger partial charge in [-0.05, 0) is 6.42 Å². The molecule has 29 heavy (non-hydrogen) atoms. The minimum Gasteiger partial charge on any atom is -0.463 e. The zero-order valence-corrected chi connectivity index (χ0v) is 18.4. The fourth-order valence-electron chi connectivity index (χ4n) is 3.18. The molecule has 0 aliphatic carbocycles. The Morgan fingerprint density at radius 3 is 1.69 bits per heavy atom. The number of unbranched alkanes of at least 4 members (excludes halogenated alkanes) is 12. The molecule has 0 heterocycles. The average molecular weight is 417 g/mol. The van der Waals surface area contributed by atoms with E-state index in [2.05, 4.69) is 12.2 Å². The largest absolute Gasteiger partial charge is 0.463 e. The molecular formula is C22H44N2O5. The van der Waals surface area contributed by atoms with Crippen molar-refractivity contribution in [1.82, 2.24) is 5.32 Å². The molecule has 0 rings (SSSR count). The Hall–Kier alpha value is -1.18. The Kier molecular flexibility index (Phi) is 18.1. The highest BCUT2D eigenvalue weighted by Crippen LogP contribution is 2.13. The Bertz CT molecular complexity index is 414. The molecule has 0 aromatic carbocycles. The number of esters is 1. The number of aliphatic hydroxyl groups excluding tert-OH is 2. The zero-order chi connectivity index (χ0) is 21.8. The number of nitrogens with one attached hydrogen (secondary N) is 1. The van der Waals surface area contributed by atoms with Gasteiger partial charge in [0.2, 0.25) is 5.91 Å². The summed E-state index contributed by atoms with van der Waals surface area (Å²) < 4.78 is 5.13. The van der Waals surface area contributed by atoms with Crippen LogP contribution in [-0.4, -0.2) is 54.0 Å². The molecule has 0 atom stereocenters. The van der Waals surface area contributed by atoms with Gasteiger partial charge in [0, 0.05) is 6.42 Å². The standard InChI is InChI=1S/C22H44N2O5/c1-2-3-4-5-6-7-8-9-10-11-12-13-14-15-21(28)29-19-22(17-25,18-26)24-20(27)16-23/h25-26H,2-19,23H2,1H3,(H,24,27).